The third-order valence-electron chi connectivity index (χ3n) is 4.82. The van der Waals surface area contributed by atoms with Gasteiger partial charge in [-0.2, -0.15) is 0 Å². The standard InChI is InChI=1S/C20H31N3O2/c1-16(24)22-19(18-11-6-7-12-18)20(25)21-13-8-14-23(2)15-17-9-4-3-5-10-17/h3-5,9-10,18-19H,6-8,11-15H2,1-2H3,(H,21,25)(H,22,24). The summed E-state index contributed by atoms with van der Waals surface area (Å²) in [6.45, 7) is 3.95. The molecule has 1 aromatic carbocycles. The first-order valence-corrected chi connectivity index (χ1v) is 9.33. The second-order valence-electron chi connectivity index (χ2n) is 7.09. The molecule has 1 aliphatic carbocycles. The van der Waals surface area contributed by atoms with Crippen molar-refractivity contribution in [3.8, 4) is 0 Å². The Labute approximate surface area is 151 Å². The monoisotopic (exact) mass is 345 g/mol. The van der Waals surface area contributed by atoms with E-state index < -0.39 is 0 Å². The van der Waals surface area contributed by atoms with Crippen molar-refractivity contribution in [1.82, 2.24) is 15.5 Å². The zero-order valence-corrected chi connectivity index (χ0v) is 15.5. The summed E-state index contributed by atoms with van der Waals surface area (Å²) < 4.78 is 0. The highest BCUT2D eigenvalue weighted by molar-refractivity contribution is 5.87. The molecule has 1 aliphatic rings. The fourth-order valence-electron chi connectivity index (χ4n) is 3.55. The minimum absolute atomic E-state index is 0.0344. The third kappa shape index (κ3) is 6.86. The molecule has 2 N–H and O–H groups in total. The smallest absolute Gasteiger partial charge is 0.242 e. The highest BCUT2D eigenvalue weighted by Gasteiger charge is 2.30. The summed E-state index contributed by atoms with van der Waals surface area (Å²) in [4.78, 5) is 26.1. The van der Waals surface area contributed by atoms with Crippen molar-refractivity contribution in [3.05, 3.63) is 35.9 Å². The molecule has 5 heteroatoms. The van der Waals surface area contributed by atoms with Crippen LogP contribution in [0, 0.1) is 5.92 Å². The van der Waals surface area contributed by atoms with E-state index in [4.69, 9.17) is 0 Å². The topological polar surface area (TPSA) is 61.4 Å². The first-order chi connectivity index (χ1) is 12.1. The molecule has 1 atom stereocenters. The van der Waals surface area contributed by atoms with Crippen LogP contribution in [0.25, 0.3) is 0 Å². The fourth-order valence-corrected chi connectivity index (χ4v) is 3.55. The van der Waals surface area contributed by atoms with E-state index in [1.807, 2.05) is 6.07 Å². The zero-order chi connectivity index (χ0) is 18.1. The Bertz CT molecular complexity index is 541. The molecular formula is C20H31N3O2. The molecule has 0 aromatic heterocycles. The predicted molar refractivity (Wildman–Crippen MR) is 100.0 cm³/mol. The van der Waals surface area contributed by atoms with Crippen molar-refractivity contribution in [2.24, 2.45) is 5.92 Å². The minimum Gasteiger partial charge on any atom is -0.354 e. The number of hydrogen-bond donors (Lipinski definition) is 2. The Morgan fingerprint density at radius 1 is 1.20 bits per heavy atom. The van der Waals surface area contributed by atoms with E-state index in [1.165, 1.54) is 12.5 Å². The van der Waals surface area contributed by atoms with Gasteiger partial charge in [0.2, 0.25) is 11.8 Å². The molecule has 138 valence electrons. The number of hydrogen-bond acceptors (Lipinski definition) is 3. The van der Waals surface area contributed by atoms with E-state index in [1.54, 1.807) is 0 Å². The van der Waals surface area contributed by atoms with Gasteiger partial charge in [-0.3, -0.25) is 9.59 Å². The second kappa shape index (κ2) is 10.2. The van der Waals surface area contributed by atoms with Crippen LogP contribution in [0.1, 0.15) is 44.6 Å². The molecule has 1 unspecified atom stereocenters. The molecule has 0 saturated heterocycles. The second-order valence-corrected chi connectivity index (χ2v) is 7.09. The highest BCUT2D eigenvalue weighted by atomic mass is 16.2. The molecule has 0 bridgehead atoms. The minimum atomic E-state index is -0.373. The predicted octanol–water partition coefficient (Wildman–Crippen LogP) is 2.32. The van der Waals surface area contributed by atoms with Crippen molar-refractivity contribution in [3.63, 3.8) is 0 Å². The number of nitrogens with one attached hydrogen (secondary N) is 2. The van der Waals surface area contributed by atoms with Gasteiger partial charge in [-0.15, -0.1) is 0 Å². The maximum atomic E-state index is 12.5. The Balaban J connectivity index is 1.69. The number of carbonyl (C=O) groups excluding carboxylic acids is 2. The van der Waals surface area contributed by atoms with Crippen LogP contribution in [0.15, 0.2) is 30.3 Å². The van der Waals surface area contributed by atoms with E-state index >= 15 is 0 Å². The number of benzene rings is 1. The van der Waals surface area contributed by atoms with Crippen LogP contribution in [0.3, 0.4) is 0 Å². The van der Waals surface area contributed by atoms with Crippen molar-refractivity contribution in [2.45, 2.75) is 51.6 Å². The van der Waals surface area contributed by atoms with Crippen molar-refractivity contribution in [2.75, 3.05) is 20.1 Å². The molecule has 5 nitrogen and oxygen atoms in total. The van der Waals surface area contributed by atoms with E-state index in [0.717, 1.165) is 45.2 Å². The number of amides is 2. The van der Waals surface area contributed by atoms with E-state index in [-0.39, 0.29) is 23.8 Å². The van der Waals surface area contributed by atoms with Crippen molar-refractivity contribution < 1.29 is 9.59 Å². The van der Waals surface area contributed by atoms with Gasteiger partial charge in [0.05, 0.1) is 0 Å². The van der Waals surface area contributed by atoms with Crippen molar-refractivity contribution in [1.29, 1.82) is 0 Å². The van der Waals surface area contributed by atoms with Gasteiger partial charge in [0, 0.05) is 20.0 Å². The van der Waals surface area contributed by atoms with Gasteiger partial charge < -0.3 is 15.5 Å². The first-order valence-electron chi connectivity index (χ1n) is 9.33. The summed E-state index contributed by atoms with van der Waals surface area (Å²) in [6.07, 6.45) is 5.25. The van der Waals surface area contributed by atoms with Crippen LogP contribution in [0.4, 0.5) is 0 Å². The molecule has 25 heavy (non-hydrogen) atoms. The summed E-state index contributed by atoms with van der Waals surface area (Å²) in [5.74, 6) is 0.118. The Kier molecular flexibility index (Phi) is 7.92. The highest BCUT2D eigenvalue weighted by Crippen LogP contribution is 2.27. The molecule has 1 fully saturated rings. The summed E-state index contributed by atoms with van der Waals surface area (Å²) in [5.41, 5.74) is 1.29. The van der Waals surface area contributed by atoms with Crippen LogP contribution in [-0.2, 0) is 16.1 Å². The van der Waals surface area contributed by atoms with Gasteiger partial charge in [-0.05, 0) is 44.3 Å². The van der Waals surface area contributed by atoms with Gasteiger partial charge in [0.1, 0.15) is 6.04 Å². The molecule has 1 aromatic rings. The quantitative estimate of drug-likeness (QED) is 0.675. The normalized spacial score (nSPS) is 16.0. The summed E-state index contributed by atoms with van der Waals surface area (Å²) in [6, 6.07) is 10.00. The maximum Gasteiger partial charge on any atom is 0.242 e. The van der Waals surface area contributed by atoms with Gasteiger partial charge in [-0.1, -0.05) is 43.2 Å². The van der Waals surface area contributed by atoms with Gasteiger partial charge in [-0.25, -0.2) is 0 Å². The summed E-state index contributed by atoms with van der Waals surface area (Å²) >= 11 is 0. The Morgan fingerprint density at radius 2 is 1.88 bits per heavy atom. The number of rotatable bonds is 9. The van der Waals surface area contributed by atoms with Crippen molar-refractivity contribution >= 4 is 11.8 Å². The van der Waals surface area contributed by atoms with E-state index in [0.29, 0.717) is 6.54 Å². The van der Waals surface area contributed by atoms with Crippen LogP contribution in [0.5, 0.6) is 0 Å². The number of nitrogens with zero attached hydrogens (tertiary/aromatic N) is 1. The molecule has 0 spiro atoms. The fraction of sp³-hybridized carbons (Fsp3) is 0.600. The van der Waals surface area contributed by atoms with Crippen LogP contribution in [-0.4, -0.2) is 42.9 Å². The van der Waals surface area contributed by atoms with Gasteiger partial charge >= 0.3 is 0 Å². The van der Waals surface area contributed by atoms with E-state index in [2.05, 4.69) is 46.8 Å². The van der Waals surface area contributed by atoms with Gasteiger partial charge in [0.25, 0.3) is 0 Å². The van der Waals surface area contributed by atoms with Gasteiger partial charge in [0.15, 0.2) is 0 Å². The lowest BCUT2D eigenvalue weighted by Gasteiger charge is -2.23. The molecule has 2 amide bonds. The Hall–Kier alpha value is -1.88. The lowest BCUT2D eigenvalue weighted by molar-refractivity contribution is -0.129. The van der Waals surface area contributed by atoms with Crippen LogP contribution >= 0.6 is 0 Å². The average Bonchev–Trinajstić information content (AvgIpc) is 3.11. The first kappa shape index (κ1) is 19.4. The number of carbonyl (C=O) groups is 2. The molecule has 1 saturated carbocycles. The summed E-state index contributed by atoms with van der Waals surface area (Å²) in [5, 5.41) is 5.85. The SMILES string of the molecule is CC(=O)NC(C(=O)NCCCN(C)Cc1ccccc1)C1CCCC1. The largest absolute Gasteiger partial charge is 0.354 e. The molecule has 2 rings (SSSR count). The third-order valence-corrected chi connectivity index (χ3v) is 4.82. The zero-order valence-electron chi connectivity index (χ0n) is 15.5. The van der Waals surface area contributed by atoms with Crippen LogP contribution in [0.2, 0.25) is 0 Å². The maximum absolute atomic E-state index is 12.5. The van der Waals surface area contributed by atoms with Crippen LogP contribution < -0.4 is 10.6 Å². The molecular weight excluding hydrogens is 314 g/mol. The average molecular weight is 345 g/mol. The Morgan fingerprint density at radius 3 is 2.52 bits per heavy atom. The molecule has 0 heterocycles. The lowest BCUT2D eigenvalue weighted by Crippen LogP contribution is -2.50. The summed E-state index contributed by atoms with van der Waals surface area (Å²) in [7, 11) is 2.09. The lowest BCUT2D eigenvalue weighted by atomic mass is 9.97. The molecule has 0 radical (unpaired) electrons. The molecule has 0 aliphatic heterocycles. The van der Waals surface area contributed by atoms with E-state index in [9.17, 15) is 9.59 Å².